The average molecular weight is 470 g/mol. The van der Waals surface area contributed by atoms with Crippen LogP contribution in [0.2, 0.25) is 0 Å². The first-order valence-corrected chi connectivity index (χ1v) is 11.1. The van der Waals surface area contributed by atoms with Gasteiger partial charge in [0, 0.05) is 44.7 Å². The van der Waals surface area contributed by atoms with Crippen molar-refractivity contribution in [3.8, 4) is 0 Å². The largest absolute Gasteiger partial charge is 0.311 e. The number of alkyl halides is 2. The Morgan fingerprint density at radius 2 is 1.91 bits per heavy atom. The zero-order valence-electron chi connectivity index (χ0n) is 18.5. The van der Waals surface area contributed by atoms with Crippen molar-refractivity contribution >= 4 is 11.7 Å². The lowest BCUT2D eigenvalue weighted by atomic mass is 9.87. The van der Waals surface area contributed by atoms with Crippen molar-refractivity contribution in [2.24, 2.45) is 0 Å². The van der Waals surface area contributed by atoms with Crippen molar-refractivity contribution in [2.75, 3.05) is 25.0 Å². The van der Waals surface area contributed by atoms with Gasteiger partial charge in [-0.1, -0.05) is 36.4 Å². The molecular weight excluding hydrogens is 445 g/mol. The zero-order valence-corrected chi connectivity index (χ0v) is 18.5. The fraction of sp³-hybridized carbons (Fsp3) is 0.320. The van der Waals surface area contributed by atoms with Crippen LogP contribution in [0.15, 0.2) is 71.8 Å². The van der Waals surface area contributed by atoms with Crippen molar-refractivity contribution in [1.82, 2.24) is 14.5 Å². The number of piperidine rings is 1. The number of anilines is 1. The summed E-state index contributed by atoms with van der Waals surface area (Å²) in [5, 5.41) is 2.58. The van der Waals surface area contributed by atoms with E-state index in [1.165, 1.54) is 35.0 Å². The van der Waals surface area contributed by atoms with Gasteiger partial charge in [0.05, 0.1) is 18.7 Å². The third kappa shape index (κ3) is 5.91. The number of hydrogen-bond acceptors (Lipinski definition) is 4. The molecule has 1 N–H and O–H groups in total. The first kappa shape index (κ1) is 23.7. The van der Waals surface area contributed by atoms with Crippen LogP contribution in [0.4, 0.5) is 19.0 Å². The number of carbonyl (C=O) groups excluding carboxylic acids is 1. The minimum atomic E-state index is -2.92. The summed E-state index contributed by atoms with van der Waals surface area (Å²) in [6.45, 7) is 0.824. The Hall–Kier alpha value is -3.46. The molecule has 1 aliphatic rings. The van der Waals surface area contributed by atoms with Gasteiger partial charge < -0.3 is 14.8 Å². The molecule has 1 aliphatic heterocycles. The van der Waals surface area contributed by atoms with E-state index in [1.807, 2.05) is 35.2 Å². The Morgan fingerprint density at radius 3 is 2.65 bits per heavy atom. The summed E-state index contributed by atoms with van der Waals surface area (Å²) >= 11 is 0. The number of likely N-dealkylation sites (tertiary alicyclic amines) is 1. The number of benzene rings is 1. The molecule has 178 valence electrons. The molecule has 3 heterocycles. The van der Waals surface area contributed by atoms with Crippen LogP contribution in [0.1, 0.15) is 29.9 Å². The van der Waals surface area contributed by atoms with Gasteiger partial charge in [0.2, 0.25) is 5.91 Å². The Balaban J connectivity index is 1.42. The molecule has 34 heavy (non-hydrogen) atoms. The van der Waals surface area contributed by atoms with Gasteiger partial charge in [0.15, 0.2) is 0 Å². The molecule has 0 unspecified atom stereocenters. The molecule has 0 spiro atoms. The maximum atomic E-state index is 14.9. The highest BCUT2D eigenvalue weighted by atomic mass is 19.3. The van der Waals surface area contributed by atoms with Gasteiger partial charge in [-0.25, -0.2) is 18.2 Å². The second kappa shape index (κ2) is 10.2. The quantitative estimate of drug-likeness (QED) is 0.569. The molecule has 9 heteroatoms. The van der Waals surface area contributed by atoms with Crippen molar-refractivity contribution < 1.29 is 18.0 Å². The second-order valence-electron chi connectivity index (χ2n) is 8.44. The molecule has 1 amide bonds. The van der Waals surface area contributed by atoms with Crippen LogP contribution in [-0.2, 0) is 11.3 Å². The first-order valence-electron chi connectivity index (χ1n) is 11.1. The number of pyridine rings is 2. The van der Waals surface area contributed by atoms with Crippen LogP contribution in [0.3, 0.4) is 0 Å². The predicted octanol–water partition coefficient (Wildman–Crippen LogP) is 3.88. The molecule has 1 aromatic carbocycles. The van der Waals surface area contributed by atoms with Gasteiger partial charge >= 0.3 is 0 Å². The third-order valence-corrected chi connectivity index (χ3v) is 5.97. The van der Waals surface area contributed by atoms with E-state index in [-0.39, 0.29) is 43.2 Å². The fourth-order valence-electron chi connectivity index (χ4n) is 4.09. The molecule has 3 aromatic rings. The van der Waals surface area contributed by atoms with E-state index in [0.29, 0.717) is 18.7 Å². The van der Waals surface area contributed by atoms with E-state index in [4.69, 9.17) is 0 Å². The predicted molar refractivity (Wildman–Crippen MR) is 122 cm³/mol. The SMILES string of the molecule is O=C(CCN1CCC(F)(F)[C@@H](c2ccc(=O)n(Cc3ccccc3)c2)C1)Nc1ccc(F)cn1. The number of nitrogens with one attached hydrogen (secondary N) is 1. The summed E-state index contributed by atoms with van der Waals surface area (Å²) in [6.07, 6.45) is 2.27. The molecule has 0 saturated carbocycles. The van der Waals surface area contributed by atoms with E-state index < -0.39 is 17.7 Å². The standard InChI is InChI=1S/C25H25F3N4O2/c26-20-7-8-22(29-14-20)30-23(33)10-12-31-13-11-25(27,28)21(17-31)19-6-9-24(34)32(16-19)15-18-4-2-1-3-5-18/h1-9,14,16,21H,10-13,15,17H2,(H,29,30,33)/t21-/m1/s1. The minimum Gasteiger partial charge on any atom is -0.311 e. The van der Waals surface area contributed by atoms with Crippen LogP contribution in [-0.4, -0.2) is 45.9 Å². The van der Waals surface area contributed by atoms with Crippen LogP contribution in [0.5, 0.6) is 0 Å². The molecule has 1 saturated heterocycles. The number of carbonyl (C=O) groups is 1. The normalized spacial score (nSPS) is 17.9. The van der Waals surface area contributed by atoms with Crippen LogP contribution >= 0.6 is 0 Å². The highest BCUT2D eigenvalue weighted by molar-refractivity contribution is 5.89. The number of rotatable bonds is 7. The summed E-state index contributed by atoms with van der Waals surface area (Å²) in [6, 6.07) is 14.7. The molecule has 0 aliphatic carbocycles. The van der Waals surface area contributed by atoms with Gasteiger partial charge in [0.25, 0.3) is 11.5 Å². The number of amides is 1. The number of nitrogens with zero attached hydrogens (tertiary/aromatic N) is 3. The fourth-order valence-corrected chi connectivity index (χ4v) is 4.09. The maximum absolute atomic E-state index is 14.9. The van der Waals surface area contributed by atoms with E-state index in [9.17, 15) is 22.8 Å². The molecular formula is C25H25F3N4O2. The van der Waals surface area contributed by atoms with Crippen molar-refractivity contribution in [3.05, 3.63) is 94.3 Å². The minimum absolute atomic E-state index is 0.0681. The number of halogens is 3. The van der Waals surface area contributed by atoms with E-state index in [1.54, 1.807) is 0 Å². The smallest absolute Gasteiger partial charge is 0.257 e. The second-order valence-corrected chi connectivity index (χ2v) is 8.44. The molecule has 0 radical (unpaired) electrons. The van der Waals surface area contributed by atoms with E-state index in [0.717, 1.165) is 11.8 Å². The Morgan fingerprint density at radius 1 is 1.12 bits per heavy atom. The van der Waals surface area contributed by atoms with E-state index in [2.05, 4.69) is 10.3 Å². The van der Waals surface area contributed by atoms with Crippen molar-refractivity contribution in [2.45, 2.75) is 31.2 Å². The monoisotopic (exact) mass is 470 g/mol. The van der Waals surface area contributed by atoms with Gasteiger partial charge in [-0.15, -0.1) is 0 Å². The third-order valence-electron chi connectivity index (χ3n) is 5.97. The highest BCUT2D eigenvalue weighted by Crippen LogP contribution is 2.40. The topological polar surface area (TPSA) is 67.2 Å². The Bertz CT molecular complexity index is 1180. The Kier molecular flexibility index (Phi) is 7.12. The number of hydrogen-bond donors (Lipinski definition) is 1. The molecule has 6 nitrogen and oxygen atoms in total. The number of aromatic nitrogens is 2. The maximum Gasteiger partial charge on any atom is 0.257 e. The lowest BCUT2D eigenvalue weighted by Gasteiger charge is -2.38. The van der Waals surface area contributed by atoms with Gasteiger partial charge in [0.1, 0.15) is 11.6 Å². The average Bonchev–Trinajstić information content (AvgIpc) is 2.82. The lowest BCUT2D eigenvalue weighted by molar-refractivity contribution is -0.117. The molecule has 1 atom stereocenters. The lowest BCUT2D eigenvalue weighted by Crippen LogP contribution is -2.46. The van der Waals surface area contributed by atoms with Crippen LogP contribution in [0.25, 0.3) is 0 Å². The molecule has 1 fully saturated rings. The van der Waals surface area contributed by atoms with Gasteiger partial charge in [-0.3, -0.25) is 9.59 Å². The first-order chi connectivity index (χ1) is 16.3. The van der Waals surface area contributed by atoms with E-state index >= 15 is 0 Å². The van der Waals surface area contributed by atoms with Crippen LogP contribution < -0.4 is 10.9 Å². The summed E-state index contributed by atoms with van der Waals surface area (Å²) in [5.41, 5.74) is 1.04. The van der Waals surface area contributed by atoms with Crippen molar-refractivity contribution in [1.29, 1.82) is 0 Å². The molecule has 4 rings (SSSR count). The van der Waals surface area contributed by atoms with Gasteiger partial charge in [-0.2, -0.15) is 0 Å². The Labute approximate surface area is 195 Å². The molecule has 2 aromatic heterocycles. The van der Waals surface area contributed by atoms with Crippen LogP contribution in [0, 0.1) is 5.82 Å². The summed E-state index contributed by atoms with van der Waals surface area (Å²) in [7, 11) is 0. The highest BCUT2D eigenvalue weighted by Gasteiger charge is 2.45. The van der Waals surface area contributed by atoms with Crippen molar-refractivity contribution in [3.63, 3.8) is 0 Å². The molecule has 0 bridgehead atoms. The zero-order chi connectivity index (χ0) is 24.1. The summed E-state index contributed by atoms with van der Waals surface area (Å²) < 4.78 is 44.1. The summed E-state index contributed by atoms with van der Waals surface area (Å²) in [5.74, 6) is -4.62. The van der Waals surface area contributed by atoms with Gasteiger partial charge in [-0.05, 0) is 23.3 Å². The summed E-state index contributed by atoms with van der Waals surface area (Å²) in [4.78, 5) is 30.1.